The summed E-state index contributed by atoms with van der Waals surface area (Å²) < 4.78 is 10.3. The molecule has 1 amide bonds. The first kappa shape index (κ1) is 13.2. The maximum absolute atomic E-state index is 11.7. The highest BCUT2D eigenvalue weighted by Gasteiger charge is 2.27. The van der Waals surface area contributed by atoms with Crippen LogP contribution in [-0.4, -0.2) is 31.2 Å². The number of amides is 1. The van der Waals surface area contributed by atoms with Crippen LogP contribution in [0.25, 0.3) is 0 Å². The minimum absolute atomic E-state index is 0.0331. The first-order valence-corrected chi connectivity index (χ1v) is 5.82. The Labute approximate surface area is 110 Å². The van der Waals surface area contributed by atoms with Crippen molar-refractivity contribution in [3.05, 3.63) is 17.7 Å². The van der Waals surface area contributed by atoms with Gasteiger partial charge in [-0.3, -0.25) is 9.59 Å². The van der Waals surface area contributed by atoms with Crippen molar-refractivity contribution in [1.82, 2.24) is 0 Å². The van der Waals surface area contributed by atoms with Crippen LogP contribution < -0.4 is 14.8 Å². The van der Waals surface area contributed by atoms with Gasteiger partial charge < -0.3 is 19.9 Å². The Kier molecular flexibility index (Phi) is 3.59. The van der Waals surface area contributed by atoms with Gasteiger partial charge in [0.05, 0.1) is 20.1 Å². The third-order valence-corrected chi connectivity index (χ3v) is 3.13. The number of ether oxygens (including phenoxy) is 2. The van der Waals surface area contributed by atoms with Crippen LogP contribution >= 0.6 is 0 Å². The number of methoxy groups -OCH3 is 2. The number of carbonyl (C=O) groups excluding carboxylic acids is 1. The lowest BCUT2D eigenvalue weighted by Gasteiger charge is -2.13. The molecule has 102 valence electrons. The molecule has 1 aromatic carbocycles. The van der Waals surface area contributed by atoms with E-state index in [9.17, 15) is 9.59 Å². The van der Waals surface area contributed by atoms with Crippen LogP contribution in [0.3, 0.4) is 0 Å². The van der Waals surface area contributed by atoms with E-state index in [1.54, 1.807) is 12.1 Å². The van der Waals surface area contributed by atoms with Crippen molar-refractivity contribution in [2.24, 2.45) is 5.92 Å². The van der Waals surface area contributed by atoms with Gasteiger partial charge in [-0.15, -0.1) is 0 Å². The maximum Gasteiger partial charge on any atom is 0.307 e. The fraction of sp³-hybridized carbons (Fsp3) is 0.385. The van der Waals surface area contributed by atoms with Gasteiger partial charge in [-0.2, -0.15) is 0 Å². The SMILES string of the molecule is COc1cc2c(cc1OC)NC(=O)CC(C(=O)O)C2. The van der Waals surface area contributed by atoms with E-state index >= 15 is 0 Å². The lowest BCUT2D eigenvalue weighted by molar-refractivity contribution is -0.143. The predicted molar refractivity (Wildman–Crippen MR) is 67.6 cm³/mol. The van der Waals surface area contributed by atoms with Gasteiger partial charge in [-0.25, -0.2) is 0 Å². The average Bonchev–Trinajstić information content (AvgIpc) is 2.54. The van der Waals surface area contributed by atoms with Crippen molar-refractivity contribution in [1.29, 1.82) is 0 Å². The number of carboxylic acid groups (broad SMARTS) is 1. The molecule has 19 heavy (non-hydrogen) atoms. The molecule has 6 heteroatoms. The Morgan fingerprint density at radius 2 is 1.89 bits per heavy atom. The van der Waals surface area contributed by atoms with Gasteiger partial charge in [0.1, 0.15) is 0 Å². The molecule has 1 atom stereocenters. The summed E-state index contributed by atoms with van der Waals surface area (Å²) in [6, 6.07) is 3.35. The summed E-state index contributed by atoms with van der Waals surface area (Å²) in [5.41, 5.74) is 1.31. The normalized spacial score (nSPS) is 18.0. The third-order valence-electron chi connectivity index (χ3n) is 3.13. The molecule has 1 aliphatic heterocycles. The van der Waals surface area contributed by atoms with Crippen LogP contribution in [0.5, 0.6) is 11.5 Å². The number of nitrogens with one attached hydrogen (secondary N) is 1. The largest absolute Gasteiger partial charge is 0.493 e. The quantitative estimate of drug-likeness (QED) is 0.860. The second kappa shape index (κ2) is 5.17. The van der Waals surface area contributed by atoms with Crippen molar-refractivity contribution >= 4 is 17.6 Å². The highest BCUT2D eigenvalue weighted by Crippen LogP contribution is 2.36. The zero-order valence-electron chi connectivity index (χ0n) is 10.7. The number of carbonyl (C=O) groups is 2. The molecule has 0 fully saturated rings. The second-order valence-electron chi connectivity index (χ2n) is 4.36. The summed E-state index contributed by atoms with van der Waals surface area (Å²) in [6.45, 7) is 0. The summed E-state index contributed by atoms with van der Waals surface area (Å²) in [5.74, 6) is -0.993. The lowest BCUT2D eigenvalue weighted by Crippen LogP contribution is -2.20. The van der Waals surface area contributed by atoms with Crippen LogP contribution in [0.4, 0.5) is 5.69 Å². The van der Waals surface area contributed by atoms with E-state index < -0.39 is 11.9 Å². The Morgan fingerprint density at radius 3 is 2.47 bits per heavy atom. The molecule has 0 aromatic heterocycles. The molecular formula is C13H15NO5. The Balaban J connectivity index is 2.46. The fourth-order valence-corrected chi connectivity index (χ4v) is 2.14. The molecule has 1 aliphatic rings. The first-order chi connectivity index (χ1) is 9.05. The zero-order chi connectivity index (χ0) is 14.0. The molecular weight excluding hydrogens is 250 g/mol. The minimum Gasteiger partial charge on any atom is -0.493 e. The number of aliphatic carboxylic acids is 1. The molecule has 0 aliphatic carbocycles. The van der Waals surface area contributed by atoms with E-state index in [0.717, 1.165) is 5.56 Å². The van der Waals surface area contributed by atoms with Gasteiger partial charge in [0.2, 0.25) is 5.91 Å². The summed E-state index contributed by atoms with van der Waals surface area (Å²) in [4.78, 5) is 22.8. The van der Waals surface area contributed by atoms with Crippen molar-refractivity contribution < 1.29 is 24.2 Å². The smallest absolute Gasteiger partial charge is 0.307 e. The molecule has 0 saturated carbocycles. The Hall–Kier alpha value is -2.24. The van der Waals surface area contributed by atoms with Gasteiger partial charge in [0, 0.05) is 18.2 Å². The second-order valence-corrected chi connectivity index (χ2v) is 4.36. The summed E-state index contributed by atoms with van der Waals surface area (Å²) in [6.07, 6.45) is 0.248. The third kappa shape index (κ3) is 2.62. The number of hydrogen-bond donors (Lipinski definition) is 2. The van der Waals surface area contributed by atoms with E-state index in [1.807, 2.05) is 0 Å². The van der Waals surface area contributed by atoms with Crippen molar-refractivity contribution in [2.75, 3.05) is 19.5 Å². The van der Waals surface area contributed by atoms with Gasteiger partial charge >= 0.3 is 5.97 Å². The first-order valence-electron chi connectivity index (χ1n) is 5.82. The number of carboxylic acids is 1. The maximum atomic E-state index is 11.7. The molecule has 2 N–H and O–H groups in total. The topological polar surface area (TPSA) is 84.9 Å². The van der Waals surface area contributed by atoms with Crippen LogP contribution in [0.1, 0.15) is 12.0 Å². The molecule has 6 nitrogen and oxygen atoms in total. The van der Waals surface area contributed by atoms with Crippen LogP contribution in [-0.2, 0) is 16.0 Å². The monoisotopic (exact) mass is 265 g/mol. The average molecular weight is 265 g/mol. The Morgan fingerprint density at radius 1 is 1.26 bits per heavy atom. The number of anilines is 1. The fourth-order valence-electron chi connectivity index (χ4n) is 2.14. The van der Waals surface area contributed by atoms with Gasteiger partial charge in [0.15, 0.2) is 11.5 Å². The molecule has 1 unspecified atom stereocenters. The van der Waals surface area contributed by atoms with Crippen LogP contribution in [0.2, 0.25) is 0 Å². The van der Waals surface area contributed by atoms with E-state index in [-0.39, 0.29) is 18.7 Å². The minimum atomic E-state index is -0.974. The predicted octanol–water partition coefficient (Wildman–Crippen LogP) is 1.29. The number of rotatable bonds is 3. The molecule has 0 saturated heterocycles. The van der Waals surface area contributed by atoms with E-state index in [0.29, 0.717) is 17.2 Å². The Bertz CT molecular complexity index is 526. The molecule has 1 aromatic rings. The summed E-state index contributed by atoms with van der Waals surface area (Å²) >= 11 is 0. The lowest BCUT2D eigenvalue weighted by atomic mass is 9.96. The number of fused-ring (bicyclic) bond motifs is 1. The molecule has 0 spiro atoms. The van der Waals surface area contributed by atoms with Gasteiger partial charge in [-0.05, 0) is 18.1 Å². The molecule has 0 bridgehead atoms. The van der Waals surface area contributed by atoms with Crippen LogP contribution in [0.15, 0.2) is 12.1 Å². The van der Waals surface area contributed by atoms with Crippen LogP contribution in [0, 0.1) is 5.92 Å². The highest BCUT2D eigenvalue weighted by molar-refractivity contribution is 5.95. The van der Waals surface area contributed by atoms with Gasteiger partial charge in [0.25, 0.3) is 0 Å². The molecule has 0 radical (unpaired) electrons. The highest BCUT2D eigenvalue weighted by atomic mass is 16.5. The molecule has 2 rings (SSSR count). The number of benzene rings is 1. The van der Waals surface area contributed by atoms with Crippen molar-refractivity contribution in [3.63, 3.8) is 0 Å². The zero-order valence-corrected chi connectivity index (χ0v) is 10.7. The summed E-state index contributed by atoms with van der Waals surface area (Å²) in [7, 11) is 3.01. The van der Waals surface area contributed by atoms with Gasteiger partial charge in [-0.1, -0.05) is 0 Å². The van der Waals surface area contributed by atoms with Crippen molar-refractivity contribution in [3.8, 4) is 11.5 Å². The van der Waals surface area contributed by atoms with E-state index in [2.05, 4.69) is 5.32 Å². The standard InChI is InChI=1S/C13H15NO5/c1-18-10-4-7-3-8(13(16)17)5-12(15)14-9(7)6-11(10)19-2/h4,6,8H,3,5H2,1-2H3,(H,14,15)(H,16,17). The summed E-state index contributed by atoms with van der Waals surface area (Å²) in [5, 5.41) is 11.8. The van der Waals surface area contributed by atoms with Crippen molar-refractivity contribution in [2.45, 2.75) is 12.8 Å². The molecule has 1 heterocycles. The van der Waals surface area contributed by atoms with E-state index in [1.165, 1.54) is 14.2 Å². The number of hydrogen-bond acceptors (Lipinski definition) is 4. The van der Waals surface area contributed by atoms with E-state index in [4.69, 9.17) is 14.6 Å².